The predicted octanol–water partition coefficient (Wildman–Crippen LogP) is 4.58. The molecule has 182 valence electrons. The third-order valence-electron chi connectivity index (χ3n) is 6.56. The molecule has 3 aromatic rings. The molecule has 0 N–H and O–H groups in total. The molecule has 2 aliphatic rings. The van der Waals surface area contributed by atoms with Gasteiger partial charge in [-0.25, -0.2) is 0 Å². The van der Waals surface area contributed by atoms with Crippen molar-refractivity contribution in [1.29, 1.82) is 0 Å². The van der Waals surface area contributed by atoms with Gasteiger partial charge in [-0.3, -0.25) is 9.59 Å². The second-order valence-electron chi connectivity index (χ2n) is 9.14. The van der Waals surface area contributed by atoms with E-state index >= 15 is 0 Å². The maximum atomic E-state index is 13.5. The standard InChI is InChI=1S/C28H30N2O5/c1-2-12-29(28(32)24-15-23(24)21-7-4-3-5-8-21)18-27(31)30(17-22-9-6-13-33-22)16-20-10-11-25-26(14-20)35-19-34-25/h3-11,13-14,23-24H,2,12,15-19H2,1H3. The Morgan fingerprint density at radius 3 is 2.54 bits per heavy atom. The van der Waals surface area contributed by atoms with Crippen LogP contribution in [0.15, 0.2) is 71.3 Å². The third kappa shape index (κ3) is 5.34. The molecule has 1 saturated carbocycles. The van der Waals surface area contributed by atoms with E-state index in [9.17, 15) is 9.59 Å². The minimum Gasteiger partial charge on any atom is -0.467 e. The molecule has 2 heterocycles. The maximum absolute atomic E-state index is 13.5. The van der Waals surface area contributed by atoms with Gasteiger partial charge in [0.25, 0.3) is 0 Å². The first-order valence-corrected chi connectivity index (χ1v) is 12.1. The summed E-state index contributed by atoms with van der Waals surface area (Å²) in [5.74, 6) is 2.22. The Morgan fingerprint density at radius 1 is 0.943 bits per heavy atom. The van der Waals surface area contributed by atoms with E-state index < -0.39 is 0 Å². The molecule has 7 nitrogen and oxygen atoms in total. The number of carbonyl (C=O) groups is 2. The van der Waals surface area contributed by atoms with Crippen LogP contribution in [0.3, 0.4) is 0 Å². The van der Waals surface area contributed by atoms with Crippen LogP contribution in [0.2, 0.25) is 0 Å². The summed E-state index contributed by atoms with van der Waals surface area (Å²) in [7, 11) is 0. The molecule has 2 atom stereocenters. The largest absolute Gasteiger partial charge is 0.467 e. The van der Waals surface area contributed by atoms with Crippen molar-refractivity contribution in [3.8, 4) is 11.5 Å². The Kier molecular flexibility index (Phi) is 6.75. The quantitative estimate of drug-likeness (QED) is 0.430. The second-order valence-corrected chi connectivity index (χ2v) is 9.14. The number of benzene rings is 2. The van der Waals surface area contributed by atoms with Crippen LogP contribution in [-0.4, -0.2) is 41.5 Å². The summed E-state index contributed by atoms with van der Waals surface area (Å²) in [6.07, 6.45) is 3.23. The van der Waals surface area contributed by atoms with Crippen LogP contribution < -0.4 is 9.47 Å². The Hall–Kier alpha value is -3.74. The van der Waals surface area contributed by atoms with Crippen LogP contribution in [-0.2, 0) is 22.7 Å². The Labute approximate surface area is 205 Å². The molecule has 0 radical (unpaired) electrons. The SMILES string of the molecule is CCCN(CC(=O)N(Cc1ccc2c(c1)OCO2)Cc1ccco1)C(=O)C1CC1c1ccccc1. The number of hydrogen-bond donors (Lipinski definition) is 0. The molecule has 2 amide bonds. The first-order chi connectivity index (χ1) is 17.1. The number of hydrogen-bond acceptors (Lipinski definition) is 5. The number of furan rings is 1. The van der Waals surface area contributed by atoms with Gasteiger partial charge in [-0.15, -0.1) is 0 Å². The Balaban J connectivity index is 1.29. The number of carbonyl (C=O) groups excluding carboxylic acids is 2. The number of amides is 2. The molecule has 2 unspecified atom stereocenters. The molecule has 2 aromatic carbocycles. The Bertz CT molecular complexity index is 1160. The summed E-state index contributed by atoms with van der Waals surface area (Å²) in [6.45, 7) is 3.54. The highest BCUT2D eigenvalue weighted by atomic mass is 16.7. The Morgan fingerprint density at radius 2 is 1.77 bits per heavy atom. The van der Waals surface area contributed by atoms with Gasteiger partial charge in [0.1, 0.15) is 5.76 Å². The van der Waals surface area contributed by atoms with Crippen molar-refractivity contribution in [1.82, 2.24) is 9.80 Å². The van der Waals surface area contributed by atoms with Gasteiger partial charge in [0.15, 0.2) is 11.5 Å². The zero-order valence-electron chi connectivity index (χ0n) is 19.9. The minimum atomic E-state index is -0.113. The molecule has 7 heteroatoms. The lowest BCUT2D eigenvalue weighted by molar-refractivity contribution is -0.142. The fraction of sp³-hybridized carbons (Fsp3) is 0.357. The van der Waals surface area contributed by atoms with Gasteiger partial charge in [0, 0.05) is 19.0 Å². The minimum absolute atomic E-state index is 0.0515. The molecular formula is C28H30N2O5. The van der Waals surface area contributed by atoms with Gasteiger partial charge in [-0.05, 0) is 54.2 Å². The monoisotopic (exact) mass is 474 g/mol. The molecule has 35 heavy (non-hydrogen) atoms. The molecule has 1 fully saturated rings. The first kappa shape index (κ1) is 23.0. The van der Waals surface area contributed by atoms with Crippen molar-refractivity contribution in [3.63, 3.8) is 0 Å². The van der Waals surface area contributed by atoms with E-state index in [0.29, 0.717) is 36.9 Å². The normalized spacial score (nSPS) is 17.7. The summed E-state index contributed by atoms with van der Waals surface area (Å²) in [4.78, 5) is 30.3. The van der Waals surface area contributed by atoms with Crippen molar-refractivity contribution < 1.29 is 23.5 Å². The lowest BCUT2D eigenvalue weighted by atomic mass is 10.1. The van der Waals surface area contributed by atoms with E-state index in [4.69, 9.17) is 13.9 Å². The van der Waals surface area contributed by atoms with Gasteiger partial charge < -0.3 is 23.7 Å². The highest BCUT2D eigenvalue weighted by Crippen LogP contribution is 2.48. The average molecular weight is 475 g/mol. The molecule has 5 rings (SSSR count). The highest BCUT2D eigenvalue weighted by Gasteiger charge is 2.45. The number of nitrogens with zero attached hydrogens (tertiary/aromatic N) is 2. The van der Waals surface area contributed by atoms with Gasteiger partial charge in [0.2, 0.25) is 18.6 Å². The number of rotatable bonds is 10. The molecule has 0 saturated heterocycles. The van der Waals surface area contributed by atoms with Gasteiger partial charge >= 0.3 is 0 Å². The van der Waals surface area contributed by atoms with E-state index in [0.717, 1.165) is 18.4 Å². The maximum Gasteiger partial charge on any atom is 0.242 e. The van der Waals surface area contributed by atoms with E-state index in [2.05, 4.69) is 12.1 Å². The molecule has 0 bridgehead atoms. The fourth-order valence-electron chi connectivity index (χ4n) is 4.65. The smallest absolute Gasteiger partial charge is 0.242 e. The van der Waals surface area contributed by atoms with Gasteiger partial charge in [-0.1, -0.05) is 43.3 Å². The van der Waals surface area contributed by atoms with Crippen LogP contribution in [0.25, 0.3) is 0 Å². The first-order valence-electron chi connectivity index (χ1n) is 12.1. The molecule has 1 aromatic heterocycles. The van der Waals surface area contributed by atoms with Crippen molar-refractivity contribution in [3.05, 3.63) is 83.8 Å². The summed E-state index contributed by atoms with van der Waals surface area (Å²) < 4.78 is 16.4. The van der Waals surface area contributed by atoms with Crippen LogP contribution >= 0.6 is 0 Å². The van der Waals surface area contributed by atoms with E-state index in [1.807, 2.05) is 55.5 Å². The molecular weight excluding hydrogens is 444 g/mol. The predicted molar refractivity (Wildman–Crippen MR) is 130 cm³/mol. The summed E-state index contributed by atoms with van der Waals surface area (Å²) >= 11 is 0. The van der Waals surface area contributed by atoms with E-state index in [1.165, 1.54) is 5.56 Å². The summed E-state index contributed by atoms with van der Waals surface area (Å²) in [5.41, 5.74) is 2.12. The second kappa shape index (κ2) is 10.3. The van der Waals surface area contributed by atoms with Crippen molar-refractivity contribution in [2.24, 2.45) is 5.92 Å². The highest BCUT2D eigenvalue weighted by molar-refractivity contribution is 5.88. The molecule has 1 aliphatic heterocycles. The molecule has 0 spiro atoms. The van der Waals surface area contributed by atoms with Crippen LogP contribution in [0.5, 0.6) is 11.5 Å². The number of ether oxygens (including phenoxy) is 2. The van der Waals surface area contributed by atoms with Gasteiger partial charge in [-0.2, -0.15) is 0 Å². The zero-order chi connectivity index (χ0) is 24.2. The number of fused-ring (bicyclic) bond motifs is 1. The lowest BCUT2D eigenvalue weighted by Gasteiger charge is -2.27. The van der Waals surface area contributed by atoms with Crippen LogP contribution in [0, 0.1) is 5.92 Å². The zero-order valence-corrected chi connectivity index (χ0v) is 19.9. The fourth-order valence-corrected chi connectivity index (χ4v) is 4.65. The van der Waals surface area contributed by atoms with Crippen molar-refractivity contribution in [2.45, 2.75) is 38.8 Å². The summed E-state index contributed by atoms with van der Waals surface area (Å²) in [6, 6.07) is 19.5. The summed E-state index contributed by atoms with van der Waals surface area (Å²) in [5, 5.41) is 0. The van der Waals surface area contributed by atoms with E-state index in [-0.39, 0.29) is 37.0 Å². The third-order valence-corrected chi connectivity index (χ3v) is 6.56. The average Bonchev–Trinajstić information content (AvgIpc) is 3.25. The van der Waals surface area contributed by atoms with Gasteiger partial charge in [0.05, 0.1) is 19.4 Å². The van der Waals surface area contributed by atoms with Crippen LogP contribution in [0.1, 0.15) is 42.6 Å². The van der Waals surface area contributed by atoms with Crippen LogP contribution in [0.4, 0.5) is 0 Å². The van der Waals surface area contributed by atoms with E-state index in [1.54, 1.807) is 16.1 Å². The topological polar surface area (TPSA) is 72.2 Å². The van der Waals surface area contributed by atoms with Crippen molar-refractivity contribution >= 4 is 11.8 Å². The lowest BCUT2D eigenvalue weighted by Crippen LogP contribution is -2.43. The van der Waals surface area contributed by atoms with Crippen molar-refractivity contribution in [2.75, 3.05) is 19.9 Å². The molecule has 1 aliphatic carbocycles.